The van der Waals surface area contributed by atoms with Crippen molar-refractivity contribution >= 4 is 22.4 Å². The van der Waals surface area contributed by atoms with Gasteiger partial charge in [0.1, 0.15) is 10.8 Å². The van der Waals surface area contributed by atoms with Gasteiger partial charge in [-0.05, 0) is 42.3 Å². The van der Waals surface area contributed by atoms with E-state index in [1.165, 1.54) is 24.4 Å². The van der Waals surface area contributed by atoms with Gasteiger partial charge in [-0.1, -0.05) is 19.9 Å². The van der Waals surface area contributed by atoms with Crippen LogP contribution in [0.1, 0.15) is 26.7 Å². The van der Waals surface area contributed by atoms with Gasteiger partial charge in [0.25, 0.3) is 0 Å². The first-order valence-corrected chi connectivity index (χ1v) is 7.86. The summed E-state index contributed by atoms with van der Waals surface area (Å²) >= 11 is 1.45. The molecule has 3 N–H and O–H groups in total. The molecule has 2 aromatic rings. The summed E-state index contributed by atoms with van der Waals surface area (Å²) in [5.74, 6) is 2.05. The Bertz CT molecular complexity index is 581. The van der Waals surface area contributed by atoms with Crippen LogP contribution in [-0.4, -0.2) is 15.4 Å². The van der Waals surface area contributed by atoms with Crippen LogP contribution < -0.4 is 11.1 Å². The lowest BCUT2D eigenvalue weighted by molar-refractivity contribution is 0.436. The monoisotopic (exact) mass is 288 g/mol. The van der Waals surface area contributed by atoms with Crippen LogP contribution in [-0.2, 0) is 0 Å². The molecule has 1 aliphatic carbocycles. The van der Waals surface area contributed by atoms with Crippen LogP contribution in [0.25, 0.3) is 11.1 Å². The summed E-state index contributed by atoms with van der Waals surface area (Å²) in [6.07, 6.45) is 6.11. The summed E-state index contributed by atoms with van der Waals surface area (Å²) < 4.78 is 4.31. The highest BCUT2D eigenvalue weighted by molar-refractivity contribution is 7.11. The van der Waals surface area contributed by atoms with Gasteiger partial charge in [-0.3, -0.25) is 4.98 Å². The topological polar surface area (TPSA) is 63.8 Å². The van der Waals surface area contributed by atoms with Crippen molar-refractivity contribution in [3.8, 4) is 11.1 Å². The lowest BCUT2D eigenvalue weighted by Gasteiger charge is -2.20. The molecule has 0 spiro atoms. The van der Waals surface area contributed by atoms with Gasteiger partial charge in [-0.15, -0.1) is 0 Å². The van der Waals surface area contributed by atoms with Crippen LogP contribution >= 0.6 is 11.5 Å². The molecule has 1 saturated carbocycles. The zero-order valence-electron chi connectivity index (χ0n) is 11.8. The maximum atomic E-state index is 6.04. The van der Waals surface area contributed by atoms with Gasteiger partial charge < -0.3 is 11.1 Å². The Labute approximate surface area is 123 Å². The number of nitrogens with one attached hydrogen (secondary N) is 1. The minimum absolute atomic E-state index is 0.514. The van der Waals surface area contributed by atoms with E-state index in [1.807, 2.05) is 18.3 Å². The minimum Gasteiger partial charge on any atom is -0.382 e. The standard InChI is InChI=1S/C15H20N4S/c1-9-5-6-12(10(9)2)18-15-13(14(16)19-20-15)11-4-3-7-17-8-11/h3-4,7-10,12,18H,5-6H2,1-2H3,(H2,16,19). The molecule has 0 radical (unpaired) electrons. The summed E-state index contributed by atoms with van der Waals surface area (Å²) in [6, 6.07) is 4.47. The number of hydrogen-bond donors (Lipinski definition) is 2. The van der Waals surface area contributed by atoms with Gasteiger partial charge in [0, 0.05) is 24.0 Å². The van der Waals surface area contributed by atoms with Gasteiger partial charge in [-0.2, -0.15) is 4.37 Å². The van der Waals surface area contributed by atoms with Crippen molar-refractivity contribution < 1.29 is 0 Å². The van der Waals surface area contributed by atoms with E-state index in [2.05, 4.69) is 28.5 Å². The average Bonchev–Trinajstić information content (AvgIpc) is 2.98. The molecule has 0 amide bonds. The Hall–Kier alpha value is -1.62. The second-order valence-electron chi connectivity index (χ2n) is 5.68. The molecule has 4 nitrogen and oxygen atoms in total. The zero-order chi connectivity index (χ0) is 14.1. The van der Waals surface area contributed by atoms with Crippen LogP contribution in [0.5, 0.6) is 0 Å². The number of aromatic nitrogens is 2. The van der Waals surface area contributed by atoms with Crippen molar-refractivity contribution in [1.29, 1.82) is 0 Å². The van der Waals surface area contributed by atoms with Gasteiger partial charge in [0.2, 0.25) is 0 Å². The number of anilines is 2. The number of nitrogens with two attached hydrogens (primary N) is 1. The van der Waals surface area contributed by atoms with Crippen LogP contribution in [0.3, 0.4) is 0 Å². The molecular weight excluding hydrogens is 268 g/mol. The van der Waals surface area contributed by atoms with Crippen molar-refractivity contribution in [1.82, 2.24) is 9.36 Å². The van der Waals surface area contributed by atoms with Gasteiger partial charge in [0.05, 0.1) is 5.56 Å². The largest absolute Gasteiger partial charge is 0.382 e. The molecule has 1 aliphatic rings. The van der Waals surface area contributed by atoms with E-state index in [-0.39, 0.29) is 0 Å². The van der Waals surface area contributed by atoms with Crippen LogP contribution in [0.4, 0.5) is 10.8 Å². The number of hydrogen-bond acceptors (Lipinski definition) is 5. The molecule has 0 aromatic carbocycles. The van der Waals surface area contributed by atoms with Crippen LogP contribution in [0.2, 0.25) is 0 Å². The van der Waals surface area contributed by atoms with Gasteiger partial charge in [0.15, 0.2) is 0 Å². The fraction of sp³-hybridized carbons (Fsp3) is 0.467. The molecule has 0 saturated heterocycles. The fourth-order valence-corrected chi connectivity index (χ4v) is 3.73. The Kier molecular flexibility index (Phi) is 3.61. The first-order valence-electron chi connectivity index (χ1n) is 7.09. The molecular formula is C15H20N4S. The van der Waals surface area contributed by atoms with E-state index in [0.717, 1.165) is 22.0 Å². The van der Waals surface area contributed by atoms with Gasteiger partial charge >= 0.3 is 0 Å². The number of rotatable bonds is 3. The zero-order valence-corrected chi connectivity index (χ0v) is 12.7. The smallest absolute Gasteiger partial charge is 0.147 e. The third kappa shape index (κ3) is 2.38. The average molecular weight is 288 g/mol. The highest BCUT2D eigenvalue weighted by atomic mass is 32.1. The van der Waals surface area contributed by atoms with E-state index in [1.54, 1.807) is 6.20 Å². The molecule has 5 heteroatoms. The van der Waals surface area contributed by atoms with Gasteiger partial charge in [-0.25, -0.2) is 0 Å². The summed E-state index contributed by atoms with van der Waals surface area (Å²) in [6.45, 7) is 4.65. The highest BCUT2D eigenvalue weighted by Gasteiger charge is 2.30. The minimum atomic E-state index is 0.514. The van der Waals surface area contributed by atoms with Crippen molar-refractivity contribution in [3.05, 3.63) is 24.5 Å². The summed E-state index contributed by atoms with van der Waals surface area (Å²) in [7, 11) is 0. The maximum Gasteiger partial charge on any atom is 0.147 e. The summed E-state index contributed by atoms with van der Waals surface area (Å²) in [5, 5.41) is 4.73. The van der Waals surface area contributed by atoms with Crippen LogP contribution in [0, 0.1) is 11.8 Å². The highest BCUT2D eigenvalue weighted by Crippen LogP contribution is 2.40. The third-order valence-corrected chi connectivity index (χ3v) is 5.24. The fourth-order valence-electron chi connectivity index (χ4n) is 2.93. The summed E-state index contributed by atoms with van der Waals surface area (Å²) in [4.78, 5) is 4.18. The van der Waals surface area contributed by atoms with Crippen LogP contribution in [0.15, 0.2) is 24.5 Å². The molecule has 3 atom stereocenters. The van der Waals surface area contributed by atoms with Crippen molar-refractivity contribution in [2.45, 2.75) is 32.7 Å². The normalized spacial score (nSPS) is 25.8. The molecule has 1 fully saturated rings. The lowest BCUT2D eigenvalue weighted by atomic mass is 9.98. The van der Waals surface area contributed by atoms with E-state index < -0.39 is 0 Å². The number of nitrogens with zero attached hydrogens (tertiary/aromatic N) is 2. The Morgan fingerprint density at radius 3 is 2.85 bits per heavy atom. The van der Waals surface area contributed by atoms with E-state index in [9.17, 15) is 0 Å². The first kappa shape index (κ1) is 13.4. The van der Waals surface area contributed by atoms with E-state index in [4.69, 9.17) is 5.73 Å². The molecule has 0 aliphatic heterocycles. The molecule has 20 heavy (non-hydrogen) atoms. The Morgan fingerprint density at radius 1 is 1.35 bits per heavy atom. The van der Waals surface area contributed by atoms with Crippen molar-refractivity contribution in [2.24, 2.45) is 11.8 Å². The number of nitrogen functional groups attached to an aromatic ring is 1. The molecule has 2 heterocycles. The predicted octanol–water partition coefficient (Wildman–Crippen LogP) is 3.63. The number of pyridine rings is 1. The molecule has 3 rings (SSSR count). The Morgan fingerprint density at radius 2 is 2.20 bits per heavy atom. The molecule has 0 bridgehead atoms. The first-order chi connectivity index (χ1) is 9.66. The molecule has 3 unspecified atom stereocenters. The predicted molar refractivity (Wildman–Crippen MR) is 84.7 cm³/mol. The second kappa shape index (κ2) is 5.40. The Balaban J connectivity index is 1.88. The van der Waals surface area contributed by atoms with Crippen molar-refractivity contribution in [2.75, 3.05) is 11.1 Å². The second-order valence-corrected chi connectivity index (χ2v) is 6.45. The maximum absolute atomic E-state index is 6.04. The third-order valence-electron chi connectivity index (χ3n) is 4.45. The summed E-state index contributed by atoms with van der Waals surface area (Å²) in [5.41, 5.74) is 8.06. The van der Waals surface area contributed by atoms with Crippen molar-refractivity contribution in [3.63, 3.8) is 0 Å². The van der Waals surface area contributed by atoms with E-state index in [0.29, 0.717) is 17.8 Å². The molecule has 2 aromatic heterocycles. The van der Waals surface area contributed by atoms with E-state index >= 15 is 0 Å². The quantitative estimate of drug-likeness (QED) is 0.905. The SMILES string of the molecule is CC1CCC(Nc2snc(N)c2-c2cccnc2)C1C. The molecule has 106 valence electrons. The lowest BCUT2D eigenvalue weighted by Crippen LogP contribution is -2.23.